The molecule has 0 aliphatic carbocycles. The van der Waals surface area contributed by atoms with E-state index in [0.29, 0.717) is 2.86 Å². The minimum absolute atomic E-state index is 0. The fourth-order valence-electron chi connectivity index (χ4n) is 0.754. The Hall–Kier alpha value is 1.37. The zero-order chi connectivity index (χ0) is 6.20. The molecule has 0 aromatic heterocycles. The molecule has 4 heteroatoms. The number of hydrogen-bond acceptors (Lipinski definition) is 0. The third kappa shape index (κ3) is 4.29. The first-order valence-corrected chi connectivity index (χ1v) is 4.79. The topological polar surface area (TPSA) is 0 Å². The average Bonchev–Trinajstić information content (AvgIpc) is 1.82. The number of rotatable bonds is 0. The Morgan fingerprint density at radius 2 is 2.00 bits per heavy atom. The van der Waals surface area contributed by atoms with Crippen LogP contribution in [0.3, 0.4) is 0 Å². The van der Waals surface area contributed by atoms with Crippen molar-refractivity contribution >= 4 is 38.8 Å². The third-order valence-corrected chi connectivity index (χ3v) is 3.55. The SMILES string of the molecule is CC1=C[C](C)([Zr])P=C1.Cl.Cl. The fraction of sp³-hybridized carbons (Fsp3) is 0.500. The molecule has 0 N–H and O–H groups in total. The fourth-order valence-corrected chi connectivity index (χ4v) is 2.61. The molecular weight excluding hydrogens is 265 g/mol. The second kappa shape index (κ2) is 5.10. The summed E-state index contributed by atoms with van der Waals surface area (Å²) in [5, 5.41) is 0. The van der Waals surface area contributed by atoms with E-state index < -0.39 is 0 Å². The molecule has 0 bridgehead atoms. The Morgan fingerprint density at radius 1 is 1.50 bits per heavy atom. The summed E-state index contributed by atoms with van der Waals surface area (Å²) in [6.07, 6.45) is 2.35. The summed E-state index contributed by atoms with van der Waals surface area (Å²) in [4.78, 5) is 0. The summed E-state index contributed by atoms with van der Waals surface area (Å²) in [6, 6.07) is 0. The van der Waals surface area contributed by atoms with Gasteiger partial charge < -0.3 is 0 Å². The molecule has 1 unspecified atom stereocenters. The van der Waals surface area contributed by atoms with Crippen LogP contribution in [0.1, 0.15) is 13.8 Å². The van der Waals surface area contributed by atoms with E-state index in [1.54, 1.807) is 24.7 Å². The van der Waals surface area contributed by atoms with Crippen LogP contribution in [0.2, 0.25) is 0 Å². The smallest absolute Gasteiger partial charge is 0.147 e. The van der Waals surface area contributed by atoms with E-state index in [1.807, 2.05) is 0 Å². The predicted octanol–water partition coefficient (Wildman–Crippen LogP) is 2.80. The van der Waals surface area contributed by atoms with Gasteiger partial charge in [-0.05, 0) is 0 Å². The van der Waals surface area contributed by atoms with Gasteiger partial charge in [0.1, 0.15) is 0 Å². The molecule has 1 rings (SSSR count). The van der Waals surface area contributed by atoms with Crippen LogP contribution in [0.4, 0.5) is 0 Å². The van der Waals surface area contributed by atoms with E-state index >= 15 is 0 Å². The number of allylic oxidation sites excluding steroid dienone is 2. The largest absolute Gasteiger partial charge is 0.147 e. The maximum absolute atomic E-state index is 2.35. The Kier molecular flexibility index (Phi) is 7.10. The average molecular weight is 275 g/mol. The van der Waals surface area contributed by atoms with Gasteiger partial charge in [0, 0.05) is 0 Å². The van der Waals surface area contributed by atoms with Crippen molar-refractivity contribution in [3.05, 3.63) is 11.6 Å². The summed E-state index contributed by atoms with van der Waals surface area (Å²) >= 11 is 1.62. The van der Waals surface area contributed by atoms with E-state index in [4.69, 9.17) is 0 Å². The van der Waals surface area contributed by atoms with Gasteiger partial charge in [-0.3, -0.25) is 0 Å². The maximum atomic E-state index is 2.35. The first-order valence-electron chi connectivity index (χ1n) is 2.60. The molecule has 1 atom stereocenters. The van der Waals surface area contributed by atoms with Gasteiger partial charge >= 0.3 is 67.1 Å². The van der Waals surface area contributed by atoms with Crippen molar-refractivity contribution in [3.8, 4) is 0 Å². The summed E-state index contributed by atoms with van der Waals surface area (Å²) in [5.41, 5.74) is 1.45. The first kappa shape index (κ1) is 13.9. The van der Waals surface area contributed by atoms with Crippen LogP contribution in [0, 0.1) is 0 Å². The Morgan fingerprint density at radius 3 is 2.10 bits per heavy atom. The molecule has 57 valence electrons. The zero-order valence-corrected chi connectivity index (χ0v) is 10.9. The molecule has 0 spiro atoms. The van der Waals surface area contributed by atoms with Gasteiger partial charge in [-0.15, -0.1) is 24.8 Å². The van der Waals surface area contributed by atoms with Crippen molar-refractivity contribution in [2.45, 2.75) is 16.7 Å². The molecule has 0 saturated carbocycles. The third-order valence-electron chi connectivity index (χ3n) is 1.05. The van der Waals surface area contributed by atoms with Gasteiger partial charge in [0.15, 0.2) is 0 Å². The molecule has 0 nitrogen and oxygen atoms in total. The van der Waals surface area contributed by atoms with Crippen LogP contribution in [0.5, 0.6) is 0 Å². The van der Waals surface area contributed by atoms with Gasteiger partial charge in [-0.1, -0.05) is 0 Å². The molecule has 1 aliphatic rings. The van der Waals surface area contributed by atoms with Crippen molar-refractivity contribution in [1.29, 1.82) is 0 Å². The molecule has 0 aromatic carbocycles. The van der Waals surface area contributed by atoms with Gasteiger partial charge in [-0.25, -0.2) is 0 Å². The van der Waals surface area contributed by atoms with Gasteiger partial charge in [0.05, 0.1) is 0 Å². The molecular formula is C6H10Cl2PZr. The van der Waals surface area contributed by atoms with Crippen LogP contribution in [0.25, 0.3) is 0 Å². The summed E-state index contributed by atoms with van der Waals surface area (Å²) in [5.74, 6) is 2.29. The van der Waals surface area contributed by atoms with E-state index in [-0.39, 0.29) is 24.8 Å². The van der Waals surface area contributed by atoms with Gasteiger partial charge in [-0.2, -0.15) is 0 Å². The van der Waals surface area contributed by atoms with Crippen LogP contribution in [0.15, 0.2) is 11.6 Å². The van der Waals surface area contributed by atoms with Crippen LogP contribution in [-0.4, -0.2) is 8.66 Å². The standard InChI is InChI=1S/C6H8P.2ClH.Zr/c1-5-3-6(2)7-4-5;;;/h3-4H,1-2H3;2*1H;. The first-order chi connectivity index (χ1) is 3.60. The molecule has 0 amide bonds. The Labute approximate surface area is 91.3 Å². The predicted molar refractivity (Wildman–Crippen MR) is 49.6 cm³/mol. The minimum Gasteiger partial charge on any atom is -0.147 e. The number of halogens is 2. The second-order valence-corrected chi connectivity index (χ2v) is 7.33. The van der Waals surface area contributed by atoms with Crippen LogP contribution >= 0.6 is 33.0 Å². The van der Waals surface area contributed by atoms with Crippen molar-refractivity contribution in [2.24, 2.45) is 0 Å². The Balaban J connectivity index is 0. The molecule has 0 radical (unpaired) electrons. The molecule has 10 heavy (non-hydrogen) atoms. The molecule has 0 saturated heterocycles. The van der Waals surface area contributed by atoms with Crippen molar-refractivity contribution in [3.63, 3.8) is 0 Å². The maximum Gasteiger partial charge on any atom is -0.147 e. The zero-order valence-electron chi connectivity index (χ0n) is 5.92. The number of hydrogen-bond donors (Lipinski definition) is 0. The quantitative estimate of drug-likeness (QED) is 0.596. The van der Waals surface area contributed by atoms with E-state index in [0.717, 1.165) is 0 Å². The molecule has 0 fully saturated rings. The summed E-state index contributed by atoms with van der Waals surface area (Å²) in [6.45, 7) is 4.46. The second-order valence-electron chi connectivity index (χ2n) is 2.29. The van der Waals surface area contributed by atoms with Gasteiger partial charge in [0.25, 0.3) is 0 Å². The van der Waals surface area contributed by atoms with Crippen LogP contribution in [-0.2, 0) is 24.7 Å². The van der Waals surface area contributed by atoms with Crippen LogP contribution < -0.4 is 0 Å². The van der Waals surface area contributed by atoms with Crippen molar-refractivity contribution in [2.75, 3.05) is 0 Å². The monoisotopic (exact) mass is 273 g/mol. The van der Waals surface area contributed by atoms with E-state index in [1.165, 1.54) is 13.8 Å². The Bertz CT molecular complexity index is 163. The molecule has 0 aromatic rings. The van der Waals surface area contributed by atoms with Gasteiger partial charge in [0.2, 0.25) is 0 Å². The summed E-state index contributed by atoms with van der Waals surface area (Å²) < 4.78 is 0.511. The van der Waals surface area contributed by atoms with E-state index in [9.17, 15) is 0 Å². The summed E-state index contributed by atoms with van der Waals surface area (Å²) in [7, 11) is 1.48. The van der Waals surface area contributed by atoms with E-state index in [2.05, 4.69) is 25.7 Å². The normalized spacial score (nSPS) is 29.9. The molecule has 1 aliphatic heterocycles. The van der Waals surface area contributed by atoms with Crippen molar-refractivity contribution < 1.29 is 24.7 Å². The van der Waals surface area contributed by atoms with Crippen molar-refractivity contribution in [1.82, 2.24) is 0 Å². The molecule has 1 heterocycles. The minimum atomic E-state index is 0.